The van der Waals surface area contributed by atoms with Gasteiger partial charge >= 0.3 is 0 Å². The zero-order valence-electron chi connectivity index (χ0n) is 20.1. The molecule has 1 saturated heterocycles. The molecule has 1 atom stereocenters. The molecule has 1 nitrogen and oxygen atoms in total. The van der Waals surface area contributed by atoms with Gasteiger partial charge in [-0.2, -0.15) is 0 Å². The third kappa shape index (κ3) is 8.66. The van der Waals surface area contributed by atoms with Gasteiger partial charge in [0.25, 0.3) is 0 Å². The molecule has 2 saturated carbocycles. The number of hydrogen-bond acceptors (Lipinski definition) is 1. The van der Waals surface area contributed by atoms with Crippen LogP contribution in [0.2, 0.25) is 11.6 Å². The topological polar surface area (TPSA) is 3.24 Å². The van der Waals surface area contributed by atoms with Crippen molar-refractivity contribution in [2.24, 2.45) is 0 Å². The third-order valence-corrected chi connectivity index (χ3v) is 8.89. The average Bonchev–Trinajstić information content (AvgIpc) is 2.81. The van der Waals surface area contributed by atoms with Crippen LogP contribution < -0.4 is 0 Å². The molecule has 3 rings (SSSR count). The zero-order valence-corrected chi connectivity index (χ0v) is 20.1. The van der Waals surface area contributed by atoms with Crippen molar-refractivity contribution >= 4 is 21.8 Å². The van der Waals surface area contributed by atoms with E-state index < -0.39 is 0 Å². The number of nitrogens with zero attached hydrogens (tertiary/aromatic N) is 1. The van der Waals surface area contributed by atoms with Crippen molar-refractivity contribution in [3.63, 3.8) is 0 Å². The SMILES string of the molecule is CC1(BC2CCCCCCC2)CCCCCCN1BBC1CCCCCCCC1. The van der Waals surface area contributed by atoms with E-state index in [1.807, 2.05) is 0 Å². The molecule has 0 aromatic heterocycles. The summed E-state index contributed by atoms with van der Waals surface area (Å²) in [4.78, 5) is 3.03. The minimum Gasteiger partial charge on any atom is -0.354 e. The van der Waals surface area contributed by atoms with Crippen LogP contribution in [0.3, 0.4) is 0 Å². The molecule has 0 bridgehead atoms. The largest absolute Gasteiger partial charge is 0.354 e. The molecule has 0 aromatic carbocycles. The van der Waals surface area contributed by atoms with Crippen molar-refractivity contribution in [2.45, 2.75) is 152 Å². The lowest BCUT2D eigenvalue weighted by molar-refractivity contribution is 0.253. The molecule has 1 heterocycles. The van der Waals surface area contributed by atoms with Gasteiger partial charge in [-0.1, -0.05) is 134 Å². The maximum Gasteiger partial charge on any atom is 0.165 e. The van der Waals surface area contributed by atoms with Gasteiger partial charge in [-0.25, -0.2) is 0 Å². The molecule has 3 aliphatic rings. The van der Waals surface area contributed by atoms with Crippen LogP contribution in [0.15, 0.2) is 0 Å². The summed E-state index contributed by atoms with van der Waals surface area (Å²) in [5.41, 5.74) is 0.489. The summed E-state index contributed by atoms with van der Waals surface area (Å²) in [5, 5.41) is 0. The molecule has 1 unspecified atom stereocenters. The summed E-state index contributed by atoms with van der Waals surface area (Å²) in [6.45, 7) is 4.07. The van der Waals surface area contributed by atoms with Crippen molar-refractivity contribution in [3.05, 3.63) is 0 Å². The highest BCUT2D eigenvalue weighted by Gasteiger charge is 2.35. The Balaban J connectivity index is 1.58. The lowest BCUT2D eigenvalue weighted by Crippen LogP contribution is -2.56. The number of rotatable bonds is 5. The highest BCUT2D eigenvalue weighted by atomic mass is 15.1. The molecule has 0 amide bonds. The number of hydrogen-bond donors (Lipinski definition) is 0. The van der Waals surface area contributed by atoms with Crippen LogP contribution in [-0.4, -0.2) is 38.5 Å². The first kappa shape index (κ1) is 23.8. The first-order valence-electron chi connectivity index (χ1n) is 14.0. The van der Waals surface area contributed by atoms with Crippen LogP contribution in [0.5, 0.6) is 0 Å². The lowest BCUT2D eigenvalue weighted by Gasteiger charge is -2.45. The maximum absolute atomic E-state index is 3.03. The molecular formula is C25H50B3N. The fraction of sp³-hybridized carbons (Fsp3) is 1.00. The smallest absolute Gasteiger partial charge is 0.165 e. The van der Waals surface area contributed by atoms with Crippen LogP contribution in [0.25, 0.3) is 0 Å². The minimum absolute atomic E-state index is 0.489. The maximum atomic E-state index is 3.03. The van der Waals surface area contributed by atoms with E-state index in [-0.39, 0.29) is 0 Å². The van der Waals surface area contributed by atoms with Crippen molar-refractivity contribution in [1.82, 2.24) is 4.81 Å². The van der Waals surface area contributed by atoms with Gasteiger partial charge in [-0.15, -0.1) is 0 Å². The molecule has 2 aliphatic carbocycles. The molecule has 3 fully saturated rings. The summed E-state index contributed by atoms with van der Waals surface area (Å²) in [6, 6.07) is 0. The summed E-state index contributed by atoms with van der Waals surface area (Å²) < 4.78 is 0. The Morgan fingerprint density at radius 2 is 1.07 bits per heavy atom. The Morgan fingerprint density at radius 3 is 1.69 bits per heavy atom. The zero-order chi connectivity index (χ0) is 20.2. The Morgan fingerprint density at radius 1 is 0.586 bits per heavy atom. The van der Waals surface area contributed by atoms with E-state index in [4.69, 9.17) is 0 Å². The lowest BCUT2D eigenvalue weighted by atomic mass is 9.35. The van der Waals surface area contributed by atoms with Crippen LogP contribution in [0, 0.1) is 0 Å². The van der Waals surface area contributed by atoms with E-state index in [0.29, 0.717) is 5.44 Å². The van der Waals surface area contributed by atoms with Gasteiger partial charge in [-0.3, -0.25) is 0 Å². The van der Waals surface area contributed by atoms with Crippen LogP contribution in [-0.2, 0) is 0 Å². The third-order valence-electron chi connectivity index (χ3n) is 8.89. The molecule has 0 N–H and O–H groups in total. The van der Waals surface area contributed by atoms with Crippen LogP contribution in [0.4, 0.5) is 0 Å². The fourth-order valence-electron chi connectivity index (χ4n) is 6.91. The van der Waals surface area contributed by atoms with Crippen molar-refractivity contribution in [2.75, 3.05) is 6.54 Å². The van der Waals surface area contributed by atoms with E-state index in [9.17, 15) is 0 Å². The normalized spacial score (nSPS) is 30.5. The standard InChI is InChI=1S/C25H50B3N/c1-25(26-23-17-11-7-4-8-12-18-23)21-15-9-10-16-22-29(25)28-27-24-19-13-5-2-3-6-14-20-24/h23-24,26-28H,2-22H2,1H3. The average molecular weight is 397 g/mol. The van der Waals surface area contributed by atoms with Gasteiger partial charge in [0.2, 0.25) is 0 Å². The highest BCUT2D eigenvalue weighted by Crippen LogP contribution is 2.34. The summed E-state index contributed by atoms with van der Waals surface area (Å²) in [7, 11) is 4.38. The summed E-state index contributed by atoms with van der Waals surface area (Å²) >= 11 is 0. The molecule has 4 heteroatoms. The second-order valence-corrected chi connectivity index (χ2v) is 11.4. The minimum atomic E-state index is 0.489. The first-order valence-corrected chi connectivity index (χ1v) is 14.0. The van der Waals surface area contributed by atoms with E-state index in [2.05, 4.69) is 11.7 Å². The summed E-state index contributed by atoms with van der Waals surface area (Å²) in [6.07, 6.45) is 29.9. The van der Waals surface area contributed by atoms with E-state index in [1.54, 1.807) is 0 Å². The monoisotopic (exact) mass is 397 g/mol. The van der Waals surface area contributed by atoms with E-state index >= 15 is 0 Å². The van der Waals surface area contributed by atoms with Gasteiger partial charge in [-0.05, 0) is 24.8 Å². The Hall–Kier alpha value is 0.155. The molecule has 1 aliphatic heterocycles. The second-order valence-electron chi connectivity index (χ2n) is 11.4. The quantitative estimate of drug-likeness (QED) is 0.475. The first-order chi connectivity index (χ1) is 14.3. The van der Waals surface area contributed by atoms with Crippen LogP contribution in [0.1, 0.15) is 135 Å². The van der Waals surface area contributed by atoms with Crippen molar-refractivity contribution in [3.8, 4) is 0 Å². The highest BCUT2D eigenvalue weighted by molar-refractivity contribution is 7.00. The molecule has 164 valence electrons. The van der Waals surface area contributed by atoms with E-state index in [0.717, 1.165) is 11.6 Å². The predicted molar refractivity (Wildman–Crippen MR) is 136 cm³/mol. The van der Waals surface area contributed by atoms with Gasteiger partial charge in [0.05, 0.1) is 0 Å². The van der Waals surface area contributed by atoms with Gasteiger partial charge in [0.1, 0.15) is 14.4 Å². The fourth-order valence-corrected chi connectivity index (χ4v) is 6.91. The van der Waals surface area contributed by atoms with Gasteiger partial charge < -0.3 is 4.81 Å². The molecule has 0 radical (unpaired) electrons. The van der Waals surface area contributed by atoms with Crippen LogP contribution >= 0.6 is 0 Å². The van der Waals surface area contributed by atoms with Gasteiger partial charge in [0.15, 0.2) is 7.31 Å². The van der Waals surface area contributed by atoms with E-state index in [1.165, 1.54) is 157 Å². The molecular weight excluding hydrogens is 347 g/mol. The van der Waals surface area contributed by atoms with Crippen molar-refractivity contribution in [1.29, 1.82) is 0 Å². The summed E-state index contributed by atoms with van der Waals surface area (Å²) in [5.74, 6) is 2.02. The molecule has 0 spiro atoms. The van der Waals surface area contributed by atoms with Crippen molar-refractivity contribution < 1.29 is 0 Å². The molecule has 0 aromatic rings. The second kappa shape index (κ2) is 13.5. The van der Waals surface area contributed by atoms with Gasteiger partial charge in [0, 0.05) is 0 Å². The molecule has 29 heavy (non-hydrogen) atoms. The predicted octanol–water partition coefficient (Wildman–Crippen LogP) is 6.56. The Labute approximate surface area is 185 Å². The Kier molecular flexibility index (Phi) is 11.1. The Bertz CT molecular complexity index is 414.